The molecule has 32 heavy (non-hydrogen) atoms. The fourth-order valence-electron chi connectivity index (χ4n) is 3.53. The summed E-state index contributed by atoms with van der Waals surface area (Å²) in [6.45, 7) is 4.22. The van der Waals surface area contributed by atoms with Gasteiger partial charge in [-0.2, -0.15) is 0 Å². The van der Waals surface area contributed by atoms with Gasteiger partial charge >= 0.3 is 0 Å². The lowest BCUT2D eigenvalue weighted by atomic mass is 10.00. The number of carbonyl (C=O) groups is 2. The second kappa shape index (κ2) is 8.65. The molecule has 9 heteroatoms. The van der Waals surface area contributed by atoms with E-state index in [0.29, 0.717) is 40.8 Å². The van der Waals surface area contributed by atoms with Gasteiger partial charge in [0, 0.05) is 23.4 Å². The van der Waals surface area contributed by atoms with Gasteiger partial charge in [0.15, 0.2) is 5.60 Å². The quantitative estimate of drug-likeness (QED) is 0.569. The lowest BCUT2D eigenvalue weighted by molar-refractivity contribution is -0.140. The summed E-state index contributed by atoms with van der Waals surface area (Å²) in [6.07, 6.45) is 2.49. The molecule has 4 N–H and O–H groups in total. The van der Waals surface area contributed by atoms with Crippen molar-refractivity contribution in [2.75, 3.05) is 19.8 Å². The van der Waals surface area contributed by atoms with Crippen LogP contribution >= 0.6 is 0 Å². The molecule has 2 aromatic rings. The molecule has 0 spiro atoms. The van der Waals surface area contributed by atoms with Gasteiger partial charge in [0.1, 0.15) is 12.4 Å². The first-order valence-electron chi connectivity index (χ1n) is 10.4. The van der Waals surface area contributed by atoms with Crippen molar-refractivity contribution in [1.82, 2.24) is 10.3 Å². The van der Waals surface area contributed by atoms with Crippen molar-refractivity contribution in [2.45, 2.75) is 44.4 Å². The highest BCUT2D eigenvalue weighted by molar-refractivity contribution is 6.03. The van der Waals surface area contributed by atoms with Crippen LogP contribution in [0, 0.1) is 11.8 Å². The molecule has 2 fully saturated rings. The molecule has 0 aliphatic carbocycles. The number of fused-ring (bicyclic) bond motifs is 1. The van der Waals surface area contributed by atoms with Crippen molar-refractivity contribution >= 4 is 22.6 Å². The van der Waals surface area contributed by atoms with E-state index in [9.17, 15) is 14.7 Å². The van der Waals surface area contributed by atoms with Gasteiger partial charge in [-0.1, -0.05) is 11.8 Å². The summed E-state index contributed by atoms with van der Waals surface area (Å²) in [6, 6.07) is 3.17. The molecule has 1 aromatic heterocycles. The number of nitrogens with two attached hydrogens (primary N) is 1. The van der Waals surface area contributed by atoms with Crippen molar-refractivity contribution in [1.29, 1.82) is 0 Å². The number of primary amides is 1. The highest BCUT2D eigenvalue weighted by Gasteiger charge is 2.34. The molecule has 2 amide bonds. The number of nitrogens with zero attached hydrogens (tertiary/aromatic N) is 1. The Kier molecular flexibility index (Phi) is 5.91. The molecular weight excluding hydrogens is 414 g/mol. The Morgan fingerprint density at radius 2 is 2.19 bits per heavy atom. The maximum Gasteiger partial charge on any atom is 0.252 e. The standard InChI is InChI=1S/C23H25N3O6/c1-13(2)32-19-8-17-16(7-18(19)21(24)28)14(5-6-23(29)11-30-12-23)9-25-22(17)31-10-15-3-4-20(27)26-15/h7-9,13,15,29H,3-4,10-12H2,1-2H3,(H2,24,28)(H,26,27). The Morgan fingerprint density at radius 1 is 1.41 bits per heavy atom. The van der Waals surface area contributed by atoms with Crippen LogP contribution in [0.1, 0.15) is 42.6 Å². The van der Waals surface area contributed by atoms with Crippen LogP contribution in [0.5, 0.6) is 11.6 Å². The second-order valence-electron chi connectivity index (χ2n) is 8.29. The van der Waals surface area contributed by atoms with Crippen LogP contribution in [0.3, 0.4) is 0 Å². The number of hydrogen-bond donors (Lipinski definition) is 3. The third-order valence-corrected chi connectivity index (χ3v) is 5.20. The van der Waals surface area contributed by atoms with Gasteiger partial charge in [0.2, 0.25) is 11.8 Å². The largest absolute Gasteiger partial charge is 0.490 e. The SMILES string of the molecule is CC(C)Oc1cc2c(OCC3CCC(=O)N3)ncc(C#CC3(O)COC3)c2cc1C(N)=O. The van der Waals surface area contributed by atoms with Gasteiger partial charge < -0.3 is 30.4 Å². The predicted octanol–water partition coefficient (Wildman–Crippen LogP) is 0.891. The third-order valence-electron chi connectivity index (χ3n) is 5.20. The Morgan fingerprint density at radius 3 is 2.78 bits per heavy atom. The number of benzene rings is 1. The fraction of sp³-hybridized carbons (Fsp3) is 0.435. The average molecular weight is 439 g/mol. The smallest absolute Gasteiger partial charge is 0.252 e. The number of aromatic nitrogens is 1. The van der Waals surface area contributed by atoms with Crippen LogP contribution in [0.4, 0.5) is 0 Å². The van der Waals surface area contributed by atoms with Crippen molar-refractivity contribution in [3.05, 3.63) is 29.5 Å². The molecule has 0 bridgehead atoms. The average Bonchev–Trinajstić information content (AvgIpc) is 3.13. The van der Waals surface area contributed by atoms with Gasteiger partial charge in [-0.25, -0.2) is 4.98 Å². The van der Waals surface area contributed by atoms with Crippen LogP contribution in [0.15, 0.2) is 18.3 Å². The number of amides is 2. The number of hydrogen-bond acceptors (Lipinski definition) is 7. The summed E-state index contributed by atoms with van der Waals surface area (Å²) < 4.78 is 16.8. The number of carbonyl (C=O) groups excluding carboxylic acids is 2. The molecule has 2 aliphatic rings. The normalized spacial score (nSPS) is 19.1. The Balaban J connectivity index is 1.77. The molecule has 3 heterocycles. The maximum absolute atomic E-state index is 12.1. The van der Waals surface area contributed by atoms with Gasteiger partial charge in [0.05, 0.1) is 36.5 Å². The lowest BCUT2D eigenvalue weighted by Gasteiger charge is -2.30. The van der Waals surface area contributed by atoms with E-state index in [1.165, 1.54) is 6.20 Å². The first-order valence-corrected chi connectivity index (χ1v) is 10.4. The minimum absolute atomic E-state index is 0.00124. The summed E-state index contributed by atoms with van der Waals surface area (Å²) in [5.74, 6) is 5.74. The first kappa shape index (κ1) is 21.9. The topological polar surface area (TPSA) is 133 Å². The van der Waals surface area contributed by atoms with Crippen LogP contribution < -0.4 is 20.5 Å². The van der Waals surface area contributed by atoms with E-state index in [1.54, 1.807) is 12.1 Å². The summed E-state index contributed by atoms with van der Waals surface area (Å²) in [5.41, 5.74) is 5.11. The zero-order chi connectivity index (χ0) is 22.9. The van der Waals surface area contributed by atoms with Crippen molar-refractivity contribution in [3.8, 4) is 23.5 Å². The van der Waals surface area contributed by atoms with E-state index in [1.807, 2.05) is 13.8 Å². The molecule has 168 valence electrons. The van der Waals surface area contributed by atoms with E-state index in [4.69, 9.17) is 19.9 Å². The maximum atomic E-state index is 12.1. The molecule has 0 radical (unpaired) electrons. The first-order chi connectivity index (χ1) is 15.2. The van der Waals surface area contributed by atoms with E-state index in [0.717, 1.165) is 0 Å². The molecule has 2 saturated heterocycles. The second-order valence-corrected chi connectivity index (χ2v) is 8.29. The number of pyridine rings is 1. The van der Waals surface area contributed by atoms with Crippen molar-refractivity contribution in [2.24, 2.45) is 5.73 Å². The van der Waals surface area contributed by atoms with E-state index in [-0.39, 0.29) is 43.4 Å². The van der Waals surface area contributed by atoms with Gasteiger partial charge in [-0.15, -0.1) is 0 Å². The molecule has 1 aromatic carbocycles. The predicted molar refractivity (Wildman–Crippen MR) is 115 cm³/mol. The van der Waals surface area contributed by atoms with E-state index < -0.39 is 11.5 Å². The van der Waals surface area contributed by atoms with Crippen LogP contribution in [0.25, 0.3) is 10.8 Å². The number of ether oxygens (including phenoxy) is 3. The molecule has 0 saturated carbocycles. The van der Waals surface area contributed by atoms with Crippen molar-refractivity contribution < 1.29 is 28.9 Å². The number of aliphatic hydroxyl groups is 1. The minimum atomic E-state index is -1.20. The number of rotatable bonds is 6. The van der Waals surface area contributed by atoms with Gasteiger partial charge in [0.25, 0.3) is 5.91 Å². The Hall–Kier alpha value is -3.35. The number of nitrogens with one attached hydrogen (secondary N) is 1. The third kappa shape index (κ3) is 4.61. The molecular formula is C23H25N3O6. The van der Waals surface area contributed by atoms with Gasteiger partial charge in [-0.05, 0) is 32.4 Å². The Labute approximate surface area is 185 Å². The summed E-state index contributed by atoms with van der Waals surface area (Å²) >= 11 is 0. The zero-order valence-electron chi connectivity index (χ0n) is 17.9. The van der Waals surface area contributed by atoms with Crippen molar-refractivity contribution in [3.63, 3.8) is 0 Å². The van der Waals surface area contributed by atoms with Crippen LogP contribution in [-0.2, 0) is 9.53 Å². The van der Waals surface area contributed by atoms with E-state index in [2.05, 4.69) is 22.1 Å². The summed E-state index contributed by atoms with van der Waals surface area (Å²) in [5, 5.41) is 14.3. The lowest BCUT2D eigenvalue weighted by Crippen LogP contribution is -2.48. The van der Waals surface area contributed by atoms with Gasteiger partial charge in [-0.3, -0.25) is 9.59 Å². The minimum Gasteiger partial charge on any atom is -0.490 e. The van der Waals surface area contributed by atoms with Crippen LogP contribution in [0.2, 0.25) is 0 Å². The monoisotopic (exact) mass is 439 g/mol. The fourth-order valence-corrected chi connectivity index (χ4v) is 3.53. The molecule has 2 aliphatic heterocycles. The molecule has 4 rings (SSSR count). The Bertz CT molecular complexity index is 1130. The van der Waals surface area contributed by atoms with Crippen LogP contribution in [-0.4, -0.2) is 59.5 Å². The molecule has 1 unspecified atom stereocenters. The summed E-state index contributed by atoms with van der Waals surface area (Å²) in [4.78, 5) is 28.0. The zero-order valence-corrected chi connectivity index (χ0v) is 17.9. The molecule has 9 nitrogen and oxygen atoms in total. The summed E-state index contributed by atoms with van der Waals surface area (Å²) in [7, 11) is 0. The highest BCUT2D eigenvalue weighted by Crippen LogP contribution is 2.33. The molecule has 1 atom stereocenters. The van der Waals surface area contributed by atoms with E-state index >= 15 is 0 Å². The highest BCUT2D eigenvalue weighted by atomic mass is 16.5.